The van der Waals surface area contributed by atoms with E-state index in [1.54, 1.807) is 12.1 Å². The molecule has 2 aliphatic heterocycles. The molecule has 6 heteroatoms. The Morgan fingerprint density at radius 3 is 2.32 bits per heavy atom. The second-order valence-electron chi connectivity index (χ2n) is 6.99. The van der Waals surface area contributed by atoms with Gasteiger partial charge in [0.05, 0.1) is 22.7 Å². The summed E-state index contributed by atoms with van der Waals surface area (Å²) in [5.74, 6) is 0. The van der Waals surface area contributed by atoms with Gasteiger partial charge in [-0.2, -0.15) is 0 Å². The minimum absolute atomic E-state index is 0.0855. The maximum Gasteiger partial charge on any atom is 0.269 e. The number of benzene rings is 3. The number of fused-ring (bicyclic) bond motifs is 1. The summed E-state index contributed by atoms with van der Waals surface area (Å²) in [5, 5.41) is 11.9. The van der Waals surface area contributed by atoms with Crippen molar-refractivity contribution in [3.8, 4) is 0 Å². The second kappa shape index (κ2) is 6.55. The molecule has 0 aliphatic carbocycles. The number of hydrogen-bond donors (Lipinski definition) is 0. The first kappa shape index (κ1) is 17.1. The third kappa shape index (κ3) is 2.80. The quantitative estimate of drug-likeness (QED) is 0.351. The number of nitro benzene ring substituents is 1. The summed E-state index contributed by atoms with van der Waals surface area (Å²) in [5.41, 5.74) is 4.18. The summed E-state index contributed by atoms with van der Waals surface area (Å²) in [7, 11) is 0. The molecule has 5 rings (SSSR count). The molecule has 2 aliphatic rings. The number of aliphatic imine (C=N–C) groups is 1. The minimum atomic E-state index is -0.364. The van der Waals surface area contributed by atoms with Gasteiger partial charge in [0.15, 0.2) is 0 Å². The number of nitro groups is 1. The number of nitrogens with zero attached hydrogens (tertiary/aromatic N) is 3. The summed E-state index contributed by atoms with van der Waals surface area (Å²) in [4.78, 5) is 18.1. The lowest BCUT2D eigenvalue weighted by atomic mass is 10.0. The molecule has 1 unspecified atom stereocenters. The van der Waals surface area contributed by atoms with Gasteiger partial charge in [0.1, 0.15) is 6.17 Å². The van der Waals surface area contributed by atoms with Gasteiger partial charge in [0.25, 0.3) is 5.69 Å². The third-order valence-corrected chi connectivity index (χ3v) is 5.59. The fourth-order valence-electron chi connectivity index (χ4n) is 4.03. The number of rotatable bonds is 4. The summed E-state index contributed by atoms with van der Waals surface area (Å²) >= 11 is 6.05. The summed E-state index contributed by atoms with van der Waals surface area (Å²) in [6, 6.07) is 25.1. The van der Waals surface area contributed by atoms with E-state index < -0.39 is 0 Å². The van der Waals surface area contributed by atoms with E-state index >= 15 is 0 Å². The molecule has 0 spiro atoms. The van der Waals surface area contributed by atoms with Crippen molar-refractivity contribution in [1.29, 1.82) is 0 Å². The Morgan fingerprint density at radius 1 is 0.893 bits per heavy atom. The topological polar surface area (TPSA) is 58.5 Å². The van der Waals surface area contributed by atoms with Gasteiger partial charge in [-0.15, -0.1) is 0 Å². The van der Waals surface area contributed by atoms with Crippen LogP contribution in [0.1, 0.15) is 28.9 Å². The Hall–Kier alpha value is -3.02. The molecular weight excluding hydrogens is 374 g/mol. The van der Waals surface area contributed by atoms with Crippen LogP contribution in [0, 0.1) is 10.1 Å². The van der Waals surface area contributed by atoms with Crippen LogP contribution in [0.2, 0.25) is 5.02 Å². The highest BCUT2D eigenvalue weighted by molar-refractivity contribution is 6.30. The fourth-order valence-corrected chi connectivity index (χ4v) is 4.16. The van der Waals surface area contributed by atoms with Crippen LogP contribution < -0.4 is 0 Å². The molecule has 1 fully saturated rings. The van der Waals surface area contributed by atoms with Gasteiger partial charge < -0.3 is 0 Å². The zero-order chi connectivity index (χ0) is 19.3. The van der Waals surface area contributed by atoms with Crippen molar-refractivity contribution in [2.75, 3.05) is 0 Å². The molecule has 28 heavy (non-hydrogen) atoms. The molecule has 1 saturated heterocycles. The van der Waals surface area contributed by atoms with E-state index in [-0.39, 0.29) is 28.9 Å². The Labute approximate surface area is 167 Å². The predicted molar refractivity (Wildman–Crippen MR) is 109 cm³/mol. The lowest BCUT2D eigenvalue weighted by molar-refractivity contribution is -0.384. The Kier molecular flexibility index (Phi) is 4.00. The lowest BCUT2D eigenvalue weighted by Crippen LogP contribution is -2.08. The van der Waals surface area contributed by atoms with Crippen molar-refractivity contribution in [3.63, 3.8) is 0 Å². The van der Waals surface area contributed by atoms with Crippen LogP contribution >= 0.6 is 11.6 Å². The van der Waals surface area contributed by atoms with E-state index in [0.717, 1.165) is 16.8 Å². The van der Waals surface area contributed by atoms with Gasteiger partial charge in [-0.25, -0.2) is 0 Å². The van der Waals surface area contributed by atoms with Gasteiger partial charge in [-0.05, 0) is 28.8 Å². The van der Waals surface area contributed by atoms with Crippen LogP contribution in [0.4, 0.5) is 5.69 Å². The highest BCUT2D eigenvalue weighted by Crippen LogP contribution is 2.55. The van der Waals surface area contributed by atoms with E-state index in [1.165, 1.54) is 11.6 Å². The Balaban J connectivity index is 1.57. The van der Waals surface area contributed by atoms with Gasteiger partial charge in [0.2, 0.25) is 0 Å². The number of non-ortho nitro benzene ring substituents is 1. The average Bonchev–Trinajstić information content (AvgIpc) is 3.33. The smallest absolute Gasteiger partial charge is 0.263 e. The van der Waals surface area contributed by atoms with Crippen LogP contribution in [0.3, 0.4) is 0 Å². The zero-order valence-electron chi connectivity index (χ0n) is 14.8. The normalized spacial score (nSPS) is 25.1. The lowest BCUT2D eigenvalue weighted by Gasteiger charge is -2.14. The highest BCUT2D eigenvalue weighted by atomic mass is 35.5. The molecule has 3 aromatic carbocycles. The second-order valence-corrected chi connectivity index (χ2v) is 7.43. The first-order valence-electron chi connectivity index (χ1n) is 9.04. The summed E-state index contributed by atoms with van der Waals surface area (Å²) in [6.07, 6.45) is -0.235. The molecule has 2 heterocycles. The fraction of sp³-hybridized carbons (Fsp3) is 0.136. The maximum absolute atomic E-state index is 11.2. The summed E-state index contributed by atoms with van der Waals surface area (Å²) in [6.45, 7) is 0. The molecule has 3 aromatic rings. The van der Waals surface area contributed by atoms with Crippen molar-refractivity contribution >= 4 is 23.0 Å². The van der Waals surface area contributed by atoms with Gasteiger partial charge in [-0.1, -0.05) is 66.2 Å². The van der Waals surface area contributed by atoms with Crippen molar-refractivity contribution < 1.29 is 4.92 Å². The standard InChI is InChI=1S/C22H16ClN3O2/c23-17-11-9-14(10-12-17)19-21-20(15-5-2-1-3-6-15)25(21)22(24-19)16-7-4-8-18(13-16)26(27)28/h1-13,20-22H/t20-,21+,22-,25?/m1/s1. The Bertz CT molecular complexity index is 1080. The van der Waals surface area contributed by atoms with Crippen LogP contribution in [0.5, 0.6) is 0 Å². The molecule has 0 N–H and O–H groups in total. The monoisotopic (exact) mass is 389 g/mol. The van der Waals surface area contributed by atoms with Gasteiger partial charge in [0, 0.05) is 17.2 Å². The number of halogens is 1. The molecule has 0 bridgehead atoms. The summed E-state index contributed by atoms with van der Waals surface area (Å²) < 4.78 is 0. The molecule has 0 amide bonds. The van der Waals surface area contributed by atoms with Gasteiger partial charge in [-0.3, -0.25) is 20.0 Å². The van der Waals surface area contributed by atoms with E-state index in [2.05, 4.69) is 17.0 Å². The van der Waals surface area contributed by atoms with E-state index in [0.29, 0.717) is 5.02 Å². The highest BCUT2D eigenvalue weighted by Gasteiger charge is 2.59. The van der Waals surface area contributed by atoms with Gasteiger partial charge >= 0.3 is 0 Å². The zero-order valence-corrected chi connectivity index (χ0v) is 15.5. The Morgan fingerprint density at radius 2 is 1.61 bits per heavy atom. The van der Waals surface area contributed by atoms with Crippen molar-refractivity contribution in [1.82, 2.24) is 4.90 Å². The van der Waals surface area contributed by atoms with Crippen LogP contribution in [-0.2, 0) is 0 Å². The van der Waals surface area contributed by atoms with E-state index in [9.17, 15) is 10.1 Å². The molecule has 0 saturated carbocycles. The minimum Gasteiger partial charge on any atom is -0.263 e. The first-order valence-corrected chi connectivity index (χ1v) is 9.41. The molecule has 0 radical (unpaired) electrons. The number of hydrogen-bond acceptors (Lipinski definition) is 4. The SMILES string of the molecule is O=[N+]([O-])c1cccc([C@@H]2N=C(c3ccc(Cl)cc3)[C@H]3[C@@H](c4ccccc4)N23)c1. The first-order chi connectivity index (χ1) is 13.6. The van der Waals surface area contributed by atoms with Crippen LogP contribution in [-0.4, -0.2) is 21.6 Å². The van der Waals surface area contributed by atoms with Crippen molar-refractivity contribution in [3.05, 3.63) is 111 Å². The maximum atomic E-state index is 11.2. The molecule has 0 aromatic heterocycles. The molecule has 138 valence electrons. The molecule has 5 nitrogen and oxygen atoms in total. The van der Waals surface area contributed by atoms with Crippen LogP contribution in [0.25, 0.3) is 0 Å². The predicted octanol–water partition coefficient (Wildman–Crippen LogP) is 5.18. The van der Waals surface area contributed by atoms with E-state index in [1.807, 2.05) is 48.5 Å². The van der Waals surface area contributed by atoms with Crippen LogP contribution in [0.15, 0.2) is 83.9 Å². The van der Waals surface area contributed by atoms with Crippen molar-refractivity contribution in [2.45, 2.75) is 18.2 Å². The largest absolute Gasteiger partial charge is 0.269 e. The molecule has 4 atom stereocenters. The van der Waals surface area contributed by atoms with Crippen molar-refractivity contribution in [2.24, 2.45) is 4.99 Å². The average molecular weight is 390 g/mol. The third-order valence-electron chi connectivity index (χ3n) is 5.34. The van der Waals surface area contributed by atoms with E-state index in [4.69, 9.17) is 16.6 Å². The molecular formula is C22H16ClN3O2.